The van der Waals surface area contributed by atoms with Crippen LogP contribution in [0.15, 0.2) is 29.0 Å². The van der Waals surface area contributed by atoms with Crippen LogP contribution in [0.5, 0.6) is 0 Å². The van der Waals surface area contributed by atoms with Gasteiger partial charge in [0.15, 0.2) is 0 Å². The van der Waals surface area contributed by atoms with Crippen molar-refractivity contribution >= 4 is 38.6 Å². The van der Waals surface area contributed by atoms with Crippen molar-refractivity contribution in [3.63, 3.8) is 0 Å². The van der Waals surface area contributed by atoms with E-state index in [1.54, 1.807) is 12.4 Å². The van der Waals surface area contributed by atoms with Gasteiger partial charge >= 0.3 is 0 Å². The van der Waals surface area contributed by atoms with E-state index in [2.05, 4.69) is 43.5 Å². The van der Waals surface area contributed by atoms with Crippen molar-refractivity contribution < 1.29 is 4.79 Å². The van der Waals surface area contributed by atoms with E-state index in [-0.39, 0.29) is 11.9 Å². The molecule has 1 atom stereocenters. The quantitative estimate of drug-likeness (QED) is 0.839. The van der Waals surface area contributed by atoms with Crippen molar-refractivity contribution in [3.8, 4) is 0 Å². The molecule has 5 nitrogen and oxygen atoms in total. The number of pyridine rings is 2. The number of aromatic nitrogens is 2. The lowest BCUT2D eigenvalue weighted by atomic mass is 10.2. The Kier molecular flexibility index (Phi) is 5.50. The van der Waals surface area contributed by atoms with Gasteiger partial charge in [-0.1, -0.05) is 6.92 Å². The van der Waals surface area contributed by atoms with Crippen LogP contribution in [0.25, 0.3) is 11.0 Å². The van der Waals surface area contributed by atoms with Crippen LogP contribution in [-0.2, 0) is 4.79 Å². The molecular weight excluding hydrogens is 332 g/mol. The maximum atomic E-state index is 11.7. The summed E-state index contributed by atoms with van der Waals surface area (Å²) in [6.45, 7) is 4.62. The second-order valence-electron chi connectivity index (χ2n) is 4.93. The lowest BCUT2D eigenvalue weighted by Crippen LogP contribution is -2.32. The number of nitrogens with zero attached hydrogens (tertiary/aromatic N) is 2. The van der Waals surface area contributed by atoms with Crippen molar-refractivity contribution in [3.05, 3.63) is 29.0 Å². The first-order valence-electron chi connectivity index (χ1n) is 7.03. The molecule has 0 radical (unpaired) electrons. The van der Waals surface area contributed by atoms with Gasteiger partial charge in [-0.25, -0.2) is 0 Å². The molecule has 0 spiro atoms. The third-order valence-electron chi connectivity index (χ3n) is 3.23. The van der Waals surface area contributed by atoms with E-state index in [9.17, 15) is 4.79 Å². The molecule has 0 saturated carbocycles. The summed E-state index contributed by atoms with van der Waals surface area (Å²) in [6, 6.07) is 4.01. The summed E-state index contributed by atoms with van der Waals surface area (Å²) < 4.78 is 0.896. The molecule has 0 bridgehead atoms. The third-order valence-corrected chi connectivity index (χ3v) is 3.67. The molecule has 0 aromatic carbocycles. The Morgan fingerprint density at radius 2 is 2.24 bits per heavy atom. The number of carbonyl (C=O) groups is 1. The van der Waals surface area contributed by atoms with Gasteiger partial charge in [0, 0.05) is 35.9 Å². The number of rotatable bonds is 6. The maximum absolute atomic E-state index is 11.7. The van der Waals surface area contributed by atoms with E-state index in [1.165, 1.54) is 0 Å². The molecule has 0 aliphatic rings. The van der Waals surface area contributed by atoms with Gasteiger partial charge in [-0.05, 0) is 41.4 Å². The highest BCUT2D eigenvalue weighted by molar-refractivity contribution is 9.10. The Labute approximate surface area is 132 Å². The molecular formula is C15H19BrN4O. The summed E-state index contributed by atoms with van der Waals surface area (Å²) >= 11 is 3.38. The molecule has 6 heteroatoms. The standard InChI is InChI=1S/C15H19BrN4O/c1-3-10(2)20-14(21)5-7-17-12-4-6-18-13-8-11(16)9-19-15(12)13/h4,6,8-10H,3,5,7H2,1-2H3,(H,17,18)(H,20,21). The summed E-state index contributed by atoms with van der Waals surface area (Å²) in [7, 11) is 0. The average molecular weight is 351 g/mol. The van der Waals surface area contributed by atoms with Gasteiger partial charge in [0.1, 0.15) is 5.52 Å². The molecule has 1 amide bonds. The highest BCUT2D eigenvalue weighted by Crippen LogP contribution is 2.21. The largest absolute Gasteiger partial charge is 0.383 e. The highest BCUT2D eigenvalue weighted by Gasteiger charge is 2.07. The summed E-state index contributed by atoms with van der Waals surface area (Å²) in [5, 5.41) is 6.20. The average Bonchev–Trinajstić information content (AvgIpc) is 2.46. The first-order chi connectivity index (χ1) is 10.1. The Bertz CT molecular complexity index is 632. The summed E-state index contributed by atoms with van der Waals surface area (Å²) in [6.07, 6.45) is 4.85. The van der Waals surface area contributed by atoms with Gasteiger partial charge in [0.25, 0.3) is 0 Å². The van der Waals surface area contributed by atoms with Crippen LogP contribution in [0.3, 0.4) is 0 Å². The van der Waals surface area contributed by atoms with Gasteiger partial charge < -0.3 is 10.6 Å². The van der Waals surface area contributed by atoms with E-state index in [0.29, 0.717) is 13.0 Å². The zero-order valence-corrected chi connectivity index (χ0v) is 13.8. The van der Waals surface area contributed by atoms with Crippen LogP contribution < -0.4 is 10.6 Å². The molecule has 0 fully saturated rings. The minimum absolute atomic E-state index is 0.0610. The number of anilines is 1. The van der Waals surface area contributed by atoms with Crippen molar-refractivity contribution in [1.29, 1.82) is 0 Å². The van der Waals surface area contributed by atoms with E-state index in [4.69, 9.17) is 0 Å². The van der Waals surface area contributed by atoms with Gasteiger partial charge in [0.2, 0.25) is 5.91 Å². The molecule has 2 aromatic rings. The summed E-state index contributed by atoms with van der Waals surface area (Å²) in [5.41, 5.74) is 2.52. The van der Waals surface area contributed by atoms with Crippen LogP contribution in [0.2, 0.25) is 0 Å². The van der Waals surface area contributed by atoms with Crippen LogP contribution in [-0.4, -0.2) is 28.5 Å². The first-order valence-corrected chi connectivity index (χ1v) is 7.83. The van der Waals surface area contributed by atoms with E-state index in [1.807, 2.05) is 19.1 Å². The fourth-order valence-corrected chi connectivity index (χ4v) is 2.23. The van der Waals surface area contributed by atoms with Crippen LogP contribution in [0.1, 0.15) is 26.7 Å². The number of carbonyl (C=O) groups excluding carboxylic acids is 1. The Morgan fingerprint density at radius 3 is 3.00 bits per heavy atom. The minimum Gasteiger partial charge on any atom is -0.383 e. The minimum atomic E-state index is 0.0610. The molecule has 0 aliphatic heterocycles. The zero-order chi connectivity index (χ0) is 15.2. The molecule has 21 heavy (non-hydrogen) atoms. The van der Waals surface area contributed by atoms with Crippen molar-refractivity contribution in [2.45, 2.75) is 32.7 Å². The van der Waals surface area contributed by atoms with E-state index in [0.717, 1.165) is 27.6 Å². The molecule has 1 unspecified atom stereocenters. The predicted octanol–water partition coefficient (Wildman–Crippen LogP) is 3.11. The summed E-state index contributed by atoms with van der Waals surface area (Å²) in [5.74, 6) is 0.0610. The number of amides is 1. The summed E-state index contributed by atoms with van der Waals surface area (Å²) in [4.78, 5) is 20.4. The van der Waals surface area contributed by atoms with Gasteiger partial charge in [-0.3, -0.25) is 14.8 Å². The highest BCUT2D eigenvalue weighted by atomic mass is 79.9. The molecule has 2 rings (SSSR count). The lowest BCUT2D eigenvalue weighted by molar-refractivity contribution is -0.121. The first kappa shape index (κ1) is 15.7. The van der Waals surface area contributed by atoms with Crippen LogP contribution in [0, 0.1) is 0 Å². The van der Waals surface area contributed by atoms with Crippen LogP contribution >= 0.6 is 15.9 Å². The monoisotopic (exact) mass is 350 g/mol. The van der Waals surface area contributed by atoms with Crippen LogP contribution in [0.4, 0.5) is 5.69 Å². The van der Waals surface area contributed by atoms with E-state index < -0.39 is 0 Å². The second kappa shape index (κ2) is 7.36. The maximum Gasteiger partial charge on any atom is 0.221 e. The van der Waals surface area contributed by atoms with E-state index >= 15 is 0 Å². The number of hydrogen-bond donors (Lipinski definition) is 2. The second-order valence-corrected chi connectivity index (χ2v) is 5.85. The van der Waals surface area contributed by atoms with Gasteiger partial charge in [-0.2, -0.15) is 0 Å². The Balaban J connectivity index is 1.96. The number of fused-ring (bicyclic) bond motifs is 1. The number of hydrogen-bond acceptors (Lipinski definition) is 4. The molecule has 2 N–H and O–H groups in total. The SMILES string of the molecule is CCC(C)NC(=O)CCNc1ccnc2cc(Br)cnc12. The number of halogens is 1. The normalized spacial score (nSPS) is 12.1. The third kappa shape index (κ3) is 4.39. The predicted molar refractivity (Wildman–Crippen MR) is 88.2 cm³/mol. The molecule has 2 heterocycles. The fourth-order valence-electron chi connectivity index (χ4n) is 1.91. The molecule has 2 aromatic heterocycles. The Hall–Kier alpha value is -1.69. The van der Waals surface area contributed by atoms with Crippen molar-refractivity contribution in [2.24, 2.45) is 0 Å². The van der Waals surface area contributed by atoms with Gasteiger partial charge in [0.05, 0.1) is 11.2 Å². The molecule has 0 saturated heterocycles. The van der Waals surface area contributed by atoms with Gasteiger partial charge in [-0.15, -0.1) is 0 Å². The van der Waals surface area contributed by atoms with Crippen molar-refractivity contribution in [2.75, 3.05) is 11.9 Å². The smallest absolute Gasteiger partial charge is 0.221 e. The van der Waals surface area contributed by atoms with Crippen molar-refractivity contribution in [1.82, 2.24) is 15.3 Å². The zero-order valence-electron chi connectivity index (χ0n) is 12.2. The lowest BCUT2D eigenvalue weighted by Gasteiger charge is -2.12. The molecule has 112 valence electrons. The Morgan fingerprint density at radius 1 is 1.43 bits per heavy atom. The molecule has 0 aliphatic carbocycles. The number of nitrogens with one attached hydrogen (secondary N) is 2. The fraction of sp³-hybridized carbons (Fsp3) is 0.400. The topological polar surface area (TPSA) is 66.9 Å².